The van der Waals surface area contributed by atoms with Gasteiger partial charge >= 0.3 is 0 Å². The maximum Gasteiger partial charge on any atom is 0.275 e. The van der Waals surface area contributed by atoms with E-state index in [1.54, 1.807) is 25.3 Å². The first-order chi connectivity index (χ1) is 13.1. The van der Waals surface area contributed by atoms with Crippen molar-refractivity contribution in [2.75, 3.05) is 28.6 Å². The van der Waals surface area contributed by atoms with Gasteiger partial charge in [0.25, 0.3) is 5.91 Å². The number of pyridine rings is 1. The number of nitrogens with zero attached hydrogens (tertiary/aromatic N) is 3. The van der Waals surface area contributed by atoms with Crippen LogP contribution in [-0.2, 0) is 0 Å². The second kappa shape index (κ2) is 8.35. The Kier molecular flexibility index (Phi) is 5.71. The molecule has 0 unspecified atom stereocenters. The summed E-state index contributed by atoms with van der Waals surface area (Å²) < 4.78 is 4.93. The van der Waals surface area contributed by atoms with Gasteiger partial charge in [0, 0.05) is 30.5 Å². The number of anilines is 4. The first kappa shape index (κ1) is 18.4. The first-order valence-electron chi connectivity index (χ1n) is 8.91. The molecule has 0 saturated carbocycles. The summed E-state index contributed by atoms with van der Waals surface area (Å²) in [7, 11) is 0. The van der Waals surface area contributed by atoms with Gasteiger partial charge in [-0.15, -0.1) is 0 Å². The summed E-state index contributed by atoms with van der Waals surface area (Å²) in [6.45, 7) is 8.00. The number of rotatable bonds is 7. The van der Waals surface area contributed by atoms with Crippen LogP contribution in [0.5, 0.6) is 0 Å². The van der Waals surface area contributed by atoms with Gasteiger partial charge in [-0.25, -0.2) is 4.98 Å². The summed E-state index contributed by atoms with van der Waals surface area (Å²) >= 11 is 0. The number of hydrogen-bond acceptors (Lipinski definition) is 6. The summed E-state index contributed by atoms with van der Waals surface area (Å²) in [5, 5.41) is 9.67. The van der Waals surface area contributed by atoms with E-state index in [0.29, 0.717) is 17.3 Å². The van der Waals surface area contributed by atoms with Crippen LogP contribution in [-0.4, -0.2) is 29.1 Å². The van der Waals surface area contributed by atoms with Gasteiger partial charge < -0.3 is 20.1 Å². The van der Waals surface area contributed by atoms with Crippen molar-refractivity contribution in [1.82, 2.24) is 10.1 Å². The minimum Gasteiger partial charge on any atom is -0.372 e. The van der Waals surface area contributed by atoms with Crippen molar-refractivity contribution >= 4 is 28.8 Å². The van der Waals surface area contributed by atoms with E-state index < -0.39 is 0 Å². The average Bonchev–Trinajstić information content (AvgIpc) is 3.09. The Morgan fingerprint density at radius 1 is 1.07 bits per heavy atom. The third-order valence-electron chi connectivity index (χ3n) is 4.15. The second-order valence-electron chi connectivity index (χ2n) is 6.05. The van der Waals surface area contributed by atoms with Gasteiger partial charge in [-0.3, -0.25) is 4.79 Å². The Balaban J connectivity index is 1.62. The molecule has 0 saturated heterocycles. The molecular formula is C20H23N5O2. The van der Waals surface area contributed by atoms with Crippen molar-refractivity contribution in [3.05, 3.63) is 60.1 Å². The van der Waals surface area contributed by atoms with E-state index in [4.69, 9.17) is 4.52 Å². The van der Waals surface area contributed by atoms with Gasteiger partial charge in [0.15, 0.2) is 5.82 Å². The normalized spacial score (nSPS) is 10.5. The van der Waals surface area contributed by atoms with Crippen LogP contribution < -0.4 is 15.5 Å². The number of hydrogen-bond donors (Lipinski definition) is 2. The standard InChI is InChI=1S/C20H23N5O2/c1-4-25(5-2)17-9-6-15(7-10-17)22-16-8-11-18(21-13-16)20(26)23-19-12-14(3)27-24-19/h6-13,22H,4-5H2,1-3H3,(H,23,24,26). The van der Waals surface area contributed by atoms with Crippen molar-refractivity contribution in [1.29, 1.82) is 0 Å². The molecule has 0 bridgehead atoms. The molecule has 3 aromatic rings. The maximum atomic E-state index is 12.2. The number of amides is 1. The number of aryl methyl sites for hydroxylation is 1. The number of nitrogens with one attached hydrogen (secondary N) is 2. The molecule has 2 N–H and O–H groups in total. The SMILES string of the molecule is CCN(CC)c1ccc(Nc2ccc(C(=O)Nc3cc(C)on3)nc2)cc1. The zero-order valence-corrected chi connectivity index (χ0v) is 15.7. The van der Waals surface area contributed by atoms with Crippen LogP contribution in [0.25, 0.3) is 0 Å². The van der Waals surface area contributed by atoms with Crippen LogP contribution in [0.4, 0.5) is 22.9 Å². The maximum absolute atomic E-state index is 12.2. The molecule has 0 atom stereocenters. The van der Waals surface area contributed by atoms with Crippen LogP contribution in [0.1, 0.15) is 30.1 Å². The molecular weight excluding hydrogens is 342 g/mol. The van der Waals surface area contributed by atoms with E-state index in [-0.39, 0.29) is 5.91 Å². The van der Waals surface area contributed by atoms with Crippen LogP contribution in [0.3, 0.4) is 0 Å². The number of carbonyl (C=O) groups is 1. The Hall–Kier alpha value is -3.35. The molecule has 1 amide bonds. The molecule has 0 aliphatic carbocycles. The summed E-state index contributed by atoms with van der Waals surface area (Å²) in [6.07, 6.45) is 1.63. The molecule has 7 nitrogen and oxygen atoms in total. The van der Waals surface area contributed by atoms with Gasteiger partial charge in [0.1, 0.15) is 11.5 Å². The van der Waals surface area contributed by atoms with Crippen LogP contribution in [0.2, 0.25) is 0 Å². The highest BCUT2D eigenvalue weighted by Crippen LogP contribution is 2.21. The molecule has 7 heteroatoms. The van der Waals surface area contributed by atoms with Gasteiger partial charge in [0.2, 0.25) is 0 Å². The lowest BCUT2D eigenvalue weighted by Crippen LogP contribution is -2.21. The van der Waals surface area contributed by atoms with E-state index in [1.807, 2.05) is 18.2 Å². The Morgan fingerprint density at radius 2 is 1.78 bits per heavy atom. The number of aromatic nitrogens is 2. The molecule has 140 valence electrons. The monoisotopic (exact) mass is 365 g/mol. The fourth-order valence-corrected chi connectivity index (χ4v) is 2.72. The fraction of sp³-hybridized carbons (Fsp3) is 0.250. The molecule has 0 radical (unpaired) electrons. The molecule has 3 rings (SSSR count). The highest BCUT2D eigenvalue weighted by Gasteiger charge is 2.10. The van der Waals surface area contributed by atoms with E-state index >= 15 is 0 Å². The van der Waals surface area contributed by atoms with Gasteiger partial charge in [-0.05, 0) is 57.2 Å². The Labute approximate surface area is 158 Å². The molecule has 0 spiro atoms. The summed E-state index contributed by atoms with van der Waals surface area (Å²) in [5.41, 5.74) is 3.26. The molecule has 2 heterocycles. The van der Waals surface area contributed by atoms with E-state index in [1.165, 1.54) is 5.69 Å². The number of carbonyl (C=O) groups excluding carboxylic acids is 1. The van der Waals surface area contributed by atoms with Crippen molar-refractivity contribution in [3.8, 4) is 0 Å². The predicted molar refractivity (Wildman–Crippen MR) is 107 cm³/mol. The zero-order valence-electron chi connectivity index (χ0n) is 15.7. The lowest BCUT2D eigenvalue weighted by Gasteiger charge is -2.21. The summed E-state index contributed by atoms with van der Waals surface area (Å²) in [5.74, 6) is 0.665. The van der Waals surface area contributed by atoms with Crippen molar-refractivity contribution in [2.24, 2.45) is 0 Å². The van der Waals surface area contributed by atoms with Crippen molar-refractivity contribution in [2.45, 2.75) is 20.8 Å². The third-order valence-corrected chi connectivity index (χ3v) is 4.15. The van der Waals surface area contributed by atoms with E-state index in [2.05, 4.69) is 51.7 Å². The van der Waals surface area contributed by atoms with Crippen LogP contribution in [0, 0.1) is 6.92 Å². The zero-order chi connectivity index (χ0) is 19.2. The largest absolute Gasteiger partial charge is 0.372 e. The molecule has 27 heavy (non-hydrogen) atoms. The van der Waals surface area contributed by atoms with Gasteiger partial charge in [-0.2, -0.15) is 0 Å². The quantitative estimate of drug-likeness (QED) is 0.652. The minimum absolute atomic E-state index is 0.304. The predicted octanol–water partition coefficient (Wildman–Crippen LogP) is 4.22. The molecule has 2 aromatic heterocycles. The number of benzene rings is 1. The van der Waals surface area contributed by atoms with Crippen LogP contribution >= 0.6 is 0 Å². The summed E-state index contributed by atoms with van der Waals surface area (Å²) in [6, 6.07) is 13.4. The molecule has 0 aliphatic heterocycles. The first-order valence-corrected chi connectivity index (χ1v) is 8.91. The molecule has 1 aromatic carbocycles. The highest BCUT2D eigenvalue weighted by molar-refractivity contribution is 6.02. The minimum atomic E-state index is -0.335. The molecule has 0 fully saturated rings. The lowest BCUT2D eigenvalue weighted by atomic mass is 10.2. The van der Waals surface area contributed by atoms with Gasteiger partial charge in [-0.1, -0.05) is 5.16 Å². The van der Waals surface area contributed by atoms with Crippen molar-refractivity contribution < 1.29 is 9.32 Å². The van der Waals surface area contributed by atoms with Crippen LogP contribution in [0.15, 0.2) is 53.2 Å². The Morgan fingerprint density at radius 3 is 2.33 bits per heavy atom. The van der Waals surface area contributed by atoms with E-state index in [0.717, 1.165) is 24.5 Å². The third kappa shape index (κ3) is 4.63. The lowest BCUT2D eigenvalue weighted by molar-refractivity contribution is 0.102. The summed E-state index contributed by atoms with van der Waals surface area (Å²) in [4.78, 5) is 18.7. The van der Waals surface area contributed by atoms with Crippen molar-refractivity contribution in [3.63, 3.8) is 0 Å². The van der Waals surface area contributed by atoms with Gasteiger partial charge in [0.05, 0.1) is 11.9 Å². The Bertz CT molecular complexity index is 883. The van der Waals surface area contributed by atoms with E-state index in [9.17, 15) is 4.79 Å². The topological polar surface area (TPSA) is 83.3 Å². The average molecular weight is 365 g/mol. The highest BCUT2D eigenvalue weighted by atomic mass is 16.5. The smallest absolute Gasteiger partial charge is 0.275 e. The fourth-order valence-electron chi connectivity index (χ4n) is 2.72. The molecule has 0 aliphatic rings. The second-order valence-corrected chi connectivity index (χ2v) is 6.05.